The number of rotatable bonds is 10. The lowest BCUT2D eigenvalue weighted by atomic mass is 9.86. The number of halogens is 2. The fourth-order valence-corrected chi connectivity index (χ4v) is 4.58. The molecule has 0 aliphatic heterocycles. The van der Waals surface area contributed by atoms with Crippen molar-refractivity contribution in [2.24, 2.45) is 0 Å². The first-order chi connectivity index (χ1) is 17.6. The minimum absolute atomic E-state index is 0.133. The maximum atomic E-state index is 13.8. The van der Waals surface area contributed by atoms with Crippen LogP contribution in [0.5, 0.6) is 5.75 Å². The highest BCUT2D eigenvalue weighted by Crippen LogP contribution is 2.31. The molecule has 7 heteroatoms. The van der Waals surface area contributed by atoms with Gasteiger partial charge in [0.1, 0.15) is 11.8 Å². The van der Waals surface area contributed by atoms with Gasteiger partial charge >= 0.3 is 0 Å². The number of hydrogen-bond acceptors (Lipinski definition) is 3. The van der Waals surface area contributed by atoms with Crippen molar-refractivity contribution in [3.63, 3.8) is 0 Å². The van der Waals surface area contributed by atoms with Crippen molar-refractivity contribution in [1.29, 1.82) is 0 Å². The zero-order valence-corrected chi connectivity index (χ0v) is 23.3. The molecule has 196 valence electrons. The third kappa shape index (κ3) is 7.98. The van der Waals surface area contributed by atoms with Crippen molar-refractivity contribution in [3.05, 3.63) is 99.5 Å². The minimum atomic E-state index is -0.761. The lowest BCUT2D eigenvalue weighted by Crippen LogP contribution is -2.51. The molecule has 0 aliphatic carbocycles. The maximum Gasteiger partial charge on any atom is 0.261 e. The van der Waals surface area contributed by atoms with E-state index in [-0.39, 0.29) is 30.4 Å². The number of carbonyl (C=O) groups excluding carboxylic acids is 2. The molecule has 0 bridgehead atoms. The van der Waals surface area contributed by atoms with Gasteiger partial charge < -0.3 is 15.0 Å². The summed E-state index contributed by atoms with van der Waals surface area (Å²) in [6.07, 6.45) is 0.349. The van der Waals surface area contributed by atoms with E-state index in [1.807, 2.05) is 61.5 Å². The summed E-state index contributed by atoms with van der Waals surface area (Å²) in [4.78, 5) is 28.6. The van der Waals surface area contributed by atoms with Crippen LogP contribution in [-0.4, -0.2) is 35.9 Å². The Bertz CT molecular complexity index is 1210. The van der Waals surface area contributed by atoms with E-state index >= 15 is 0 Å². The molecular weight excluding hydrogens is 507 g/mol. The van der Waals surface area contributed by atoms with E-state index in [1.165, 1.54) is 0 Å². The van der Waals surface area contributed by atoms with Crippen LogP contribution in [0.15, 0.2) is 72.8 Å². The number of benzene rings is 3. The molecule has 0 saturated carbocycles. The van der Waals surface area contributed by atoms with Crippen LogP contribution in [0.3, 0.4) is 0 Å². The van der Waals surface area contributed by atoms with Gasteiger partial charge in [-0.1, -0.05) is 98.6 Å². The van der Waals surface area contributed by atoms with E-state index < -0.39 is 6.04 Å². The van der Waals surface area contributed by atoms with Crippen LogP contribution in [0.1, 0.15) is 44.4 Å². The van der Waals surface area contributed by atoms with Crippen LogP contribution in [0.4, 0.5) is 0 Å². The molecule has 1 atom stereocenters. The Morgan fingerprint density at radius 3 is 2.30 bits per heavy atom. The van der Waals surface area contributed by atoms with Gasteiger partial charge in [0.15, 0.2) is 6.61 Å². The monoisotopic (exact) mass is 540 g/mol. The molecule has 0 heterocycles. The lowest BCUT2D eigenvalue weighted by molar-refractivity contribution is -0.142. The summed E-state index contributed by atoms with van der Waals surface area (Å²) in [5.74, 6) is 0.0900. The average Bonchev–Trinajstić information content (AvgIpc) is 2.86. The second-order valence-electron chi connectivity index (χ2n) is 9.89. The van der Waals surface area contributed by atoms with Gasteiger partial charge in [-0.2, -0.15) is 0 Å². The Morgan fingerprint density at radius 1 is 0.973 bits per heavy atom. The topological polar surface area (TPSA) is 58.6 Å². The number of nitrogens with zero attached hydrogens (tertiary/aromatic N) is 1. The molecule has 0 aliphatic rings. The summed E-state index contributed by atoms with van der Waals surface area (Å²) in [6, 6.07) is 21.7. The van der Waals surface area contributed by atoms with E-state index in [0.29, 0.717) is 34.3 Å². The number of para-hydroxylation sites is 1. The van der Waals surface area contributed by atoms with Gasteiger partial charge in [-0.25, -0.2) is 0 Å². The largest absolute Gasteiger partial charge is 0.483 e. The zero-order chi connectivity index (χ0) is 27.0. The fourth-order valence-electron chi connectivity index (χ4n) is 4.11. The first kappa shape index (κ1) is 28.5. The first-order valence-corrected chi connectivity index (χ1v) is 13.1. The molecule has 0 aromatic heterocycles. The summed E-state index contributed by atoms with van der Waals surface area (Å²) in [6.45, 7) is 8.50. The molecule has 0 fully saturated rings. The van der Waals surface area contributed by atoms with Crippen LogP contribution in [0.25, 0.3) is 0 Å². The molecule has 1 N–H and O–H groups in total. The van der Waals surface area contributed by atoms with Gasteiger partial charge in [0, 0.05) is 29.6 Å². The highest BCUT2D eigenvalue weighted by molar-refractivity contribution is 6.35. The summed E-state index contributed by atoms with van der Waals surface area (Å²) >= 11 is 12.6. The molecular formula is C30H34Cl2N2O3. The predicted molar refractivity (Wildman–Crippen MR) is 150 cm³/mol. The summed E-state index contributed by atoms with van der Waals surface area (Å²) in [5, 5.41) is 3.81. The summed E-state index contributed by atoms with van der Waals surface area (Å²) < 4.78 is 6.06. The SMILES string of the molecule is CCNC(=O)[C@@H](Cc1ccccc1)N(Cc1ccc(Cl)cc1Cl)C(=O)COc1ccccc1C(C)(C)C. The van der Waals surface area contributed by atoms with Gasteiger partial charge in [0.05, 0.1) is 0 Å². The van der Waals surface area contributed by atoms with Crippen molar-refractivity contribution < 1.29 is 14.3 Å². The molecule has 0 radical (unpaired) electrons. The lowest BCUT2D eigenvalue weighted by Gasteiger charge is -2.32. The third-order valence-corrected chi connectivity index (χ3v) is 6.61. The van der Waals surface area contributed by atoms with Crippen molar-refractivity contribution in [3.8, 4) is 5.75 Å². The van der Waals surface area contributed by atoms with Crippen molar-refractivity contribution in [2.75, 3.05) is 13.2 Å². The maximum absolute atomic E-state index is 13.8. The molecule has 0 unspecified atom stereocenters. The van der Waals surface area contributed by atoms with Crippen LogP contribution < -0.4 is 10.1 Å². The Kier molecular flexibility index (Phi) is 10.0. The molecule has 0 spiro atoms. The first-order valence-electron chi connectivity index (χ1n) is 12.4. The predicted octanol–water partition coefficient (Wildman–Crippen LogP) is 6.45. The Labute approximate surface area is 229 Å². The number of carbonyl (C=O) groups is 2. The summed E-state index contributed by atoms with van der Waals surface area (Å²) in [7, 11) is 0. The van der Waals surface area contributed by atoms with E-state index in [0.717, 1.165) is 11.1 Å². The molecule has 0 saturated heterocycles. The van der Waals surface area contributed by atoms with Gasteiger partial charge in [0.25, 0.3) is 5.91 Å². The van der Waals surface area contributed by atoms with E-state index in [9.17, 15) is 9.59 Å². The Morgan fingerprint density at radius 2 is 1.65 bits per heavy atom. The second kappa shape index (κ2) is 13.0. The summed E-state index contributed by atoms with van der Waals surface area (Å²) in [5.41, 5.74) is 2.47. The van der Waals surface area contributed by atoms with Gasteiger partial charge in [0.2, 0.25) is 5.91 Å². The van der Waals surface area contributed by atoms with Gasteiger partial charge in [-0.15, -0.1) is 0 Å². The second-order valence-corrected chi connectivity index (χ2v) is 10.7. The average molecular weight is 542 g/mol. The fraction of sp³-hybridized carbons (Fsp3) is 0.333. The smallest absolute Gasteiger partial charge is 0.261 e. The van der Waals surface area contributed by atoms with Crippen LogP contribution in [-0.2, 0) is 28.0 Å². The third-order valence-electron chi connectivity index (χ3n) is 6.02. The van der Waals surface area contributed by atoms with E-state index in [1.54, 1.807) is 23.1 Å². The van der Waals surface area contributed by atoms with Crippen molar-refractivity contribution in [2.45, 2.75) is 52.1 Å². The number of nitrogens with one attached hydrogen (secondary N) is 1. The van der Waals surface area contributed by atoms with E-state index in [2.05, 4.69) is 26.1 Å². The number of ether oxygens (including phenoxy) is 1. The van der Waals surface area contributed by atoms with Gasteiger partial charge in [-0.05, 0) is 47.2 Å². The molecule has 5 nitrogen and oxygen atoms in total. The molecule has 3 rings (SSSR count). The minimum Gasteiger partial charge on any atom is -0.483 e. The zero-order valence-electron chi connectivity index (χ0n) is 21.8. The quantitative estimate of drug-likeness (QED) is 0.321. The molecule has 37 heavy (non-hydrogen) atoms. The molecule has 3 aromatic rings. The van der Waals surface area contributed by atoms with Gasteiger partial charge in [-0.3, -0.25) is 9.59 Å². The highest BCUT2D eigenvalue weighted by atomic mass is 35.5. The molecule has 2 amide bonds. The number of likely N-dealkylation sites (N-methyl/N-ethyl adjacent to an activating group) is 1. The number of amides is 2. The van der Waals surface area contributed by atoms with Crippen LogP contribution in [0.2, 0.25) is 10.0 Å². The van der Waals surface area contributed by atoms with Crippen LogP contribution in [0, 0.1) is 0 Å². The molecule has 3 aromatic carbocycles. The Hall–Kier alpha value is -3.02. The van der Waals surface area contributed by atoms with Crippen molar-refractivity contribution in [1.82, 2.24) is 10.2 Å². The van der Waals surface area contributed by atoms with Crippen molar-refractivity contribution >= 4 is 35.0 Å². The number of hydrogen-bond donors (Lipinski definition) is 1. The Balaban J connectivity index is 1.95. The highest BCUT2D eigenvalue weighted by Gasteiger charge is 2.31. The normalized spacial score (nSPS) is 12.1. The van der Waals surface area contributed by atoms with E-state index in [4.69, 9.17) is 27.9 Å². The standard InChI is InChI=1S/C30H34Cl2N2O3/c1-5-33-29(36)26(17-21-11-7-6-8-12-21)34(19-22-15-16-23(31)18-25(22)32)28(35)20-37-27-14-10-9-13-24(27)30(2,3)4/h6-16,18,26H,5,17,19-20H2,1-4H3,(H,33,36)/t26-/m1/s1. The van der Waals surface area contributed by atoms with Crippen LogP contribution >= 0.6 is 23.2 Å².